The van der Waals surface area contributed by atoms with Crippen LogP contribution in [0, 0.1) is 0 Å². The summed E-state index contributed by atoms with van der Waals surface area (Å²) in [5.41, 5.74) is 0.980. The number of rotatable bonds is 3. The maximum absolute atomic E-state index is 11.1. The van der Waals surface area contributed by atoms with E-state index in [-0.39, 0.29) is 17.9 Å². The first-order chi connectivity index (χ1) is 8.93. The van der Waals surface area contributed by atoms with E-state index in [0.717, 1.165) is 0 Å². The highest BCUT2D eigenvalue weighted by Gasteiger charge is 2.34. The fourth-order valence-corrected chi connectivity index (χ4v) is 2.27. The second-order valence-corrected chi connectivity index (χ2v) is 4.53. The molecule has 2 rings (SSSR count). The Labute approximate surface area is 108 Å². The van der Waals surface area contributed by atoms with Crippen molar-refractivity contribution in [2.45, 2.75) is 24.6 Å². The first kappa shape index (κ1) is 13.6. The molecule has 0 saturated carbocycles. The minimum Gasteiger partial charge on any atom is -0.504 e. The first-order valence-electron chi connectivity index (χ1n) is 5.76. The molecule has 104 valence electrons. The molecule has 7 heteroatoms. The lowest BCUT2D eigenvalue weighted by Gasteiger charge is -2.33. The summed E-state index contributed by atoms with van der Waals surface area (Å²) in [6.07, 6.45) is -1.09. The lowest BCUT2D eigenvalue weighted by atomic mass is 9.87. The van der Waals surface area contributed by atoms with Gasteiger partial charge in [0.15, 0.2) is 11.5 Å². The monoisotopic (exact) mass is 269 g/mol. The first-order valence-corrected chi connectivity index (χ1v) is 5.76. The summed E-state index contributed by atoms with van der Waals surface area (Å²) in [5, 5.41) is 49.4. The Balaban J connectivity index is 2.46. The molecular formula is C12H15NO6. The number of hydrogen-bond acceptors (Lipinski definition) is 6. The summed E-state index contributed by atoms with van der Waals surface area (Å²) in [5.74, 6) is -1.79. The molecule has 19 heavy (non-hydrogen) atoms. The van der Waals surface area contributed by atoms with E-state index in [1.165, 1.54) is 12.1 Å². The average molecular weight is 269 g/mol. The van der Waals surface area contributed by atoms with E-state index in [2.05, 4.69) is 5.32 Å². The summed E-state index contributed by atoms with van der Waals surface area (Å²) >= 11 is 0. The van der Waals surface area contributed by atoms with Crippen molar-refractivity contribution in [1.82, 2.24) is 5.32 Å². The fourth-order valence-electron chi connectivity index (χ4n) is 2.27. The fraction of sp³-hybridized carbons (Fsp3) is 0.417. The van der Waals surface area contributed by atoms with E-state index in [1.54, 1.807) is 0 Å². The van der Waals surface area contributed by atoms with Crippen molar-refractivity contribution in [3.8, 4) is 11.5 Å². The largest absolute Gasteiger partial charge is 0.504 e. The van der Waals surface area contributed by atoms with Gasteiger partial charge in [-0.1, -0.05) is 0 Å². The summed E-state index contributed by atoms with van der Waals surface area (Å²) < 4.78 is 0. The SMILES string of the molecule is O=C(O)[C@@H]1Cc2cc(O)c(O)cc2[C@H]([C@H](O)CO)N1. The number of aliphatic hydroxyl groups is 2. The van der Waals surface area contributed by atoms with Crippen LogP contribution in [-0.4, -0.2) is 50.3 Å². The maximum atomic E-state index is 11.1. The van der Waals surface area contributed by atoms with Crippen LogP contribution in [0.1, 0.15) is 17.2 Å². The zero-order valence-electron chi connectivity index (χ0n) is 9.95. The topological polar surface area (TPSA) is 130 Å². The number of fused-ring (bicyclic) bond motifs is 1. The molecule has 0 spiro atoms. The van der Waals surface area contributed by atoms with Gasteiger partial charge in [-0.2, -0.15) is 0 Å². The van der Waals surface area contributed by atoms with Gasteiger partial charge in [0.05, 0.1) is 18.8 Å². The second kappa shape index (κ2) is 5.04. The van der Waals surface area contributed by atoms with E-state index in [0.29, 0.717) is 11.1 Å². The predicted octanol–water partition coefficient (Wildman–Crippen LogP) is -0.909. The van der Waals surface area contributed by atoms with Crippen LogP contribution in [0.15, 0.2) is 12.1 Å². The van der Waals surface area contributed by atoms with Crippen molar-refractivity contribution in [1.29, 1.82) is 0 Å². The van der Waals surface area contributed by atoms with Gasteiger partial charge in [-0.15, -0.1) is 0 Å². The Bertz CT molecular complexity index is 503. The van der Waals surface area contributed by atoms with Gasteiger partial charge >= 0.3 is 5.97 Å². The molecule has 0 aliphatic carbocycles. The third-order valence-corrected chi connectivity index (χ3v) is 3.25. The minimum atomic E-state index is -1.20. The third-order valence-electron chi connectivity index (χ3n) is 3.25. The van der Waals surface area contributed by atoms with Crippen LogP contribution in [0.4, 0.5) is 0 Å². The molecule has 0 bridgehead atoms. The van der Waals surface area contributed by atoms with E-state index in [9.17, 15) is 20.1 Å². The smallest absolute Gasteiger partial charge is 0.321 e. The molecule has 0 amide bonds. The Hall–Kier alpha value is -1.83. The predicted molar refractivity (Wildman–Crippen MR) is 63.9 cm³/mol. The van der Waals surface area contributed by atoms with Crippen molar-refractivity contribution in [2.24, 2.45) is 0 Å². The van der Waals surface area contributed by atoms with Gasteiger partial charge in [-0.05, 0) is 29.7 Å². The molecule has 0 fully saturated rings. The van der Waals surface area contributed by atoms with Gasteiger partial charge in [0.1, 0.15) is 6.04 Å². The molecule has 1 aliphatic heterocycles. The molecule has 0 saturated heterocycles. The Kier molecular flexibility index (Phi) is 3.61. The van der Waals surface area contributed by atoms with Crippen molar-refractivity contribution in [3.63, 3.8) is 0 Å². The van der Waals surface area contributed by atoms with Crippen LogP contribution in [0.2, 0.25) is 0 Å². The molecule has 1 aromatic carbocycles. The Morgan fingerprint density at radius 1 is 1.37 bits per heavy atom. The lowest BCUT2D eigenvalue weighted by molar-refractivity contribution is -0.140. The van der Waals surface area contributed by atoms with Gasteiger partial charge in [-0.3, -0.25) is 10.1 Å². The molecule has 0 unspecified atom stereocenters. The minimum absolute atomic E-state index is 0.118. The van der Waals surface area contributed by atoms with Gasteiger partial charge in [0, 0.05) is 0 Å². The molecular weight excluding hydrogens is 254 g/mol. The van der Waals surface area contributed by atoms with Crippen molar-refractivity contribution >= 4 is 5.97 Å². The maximum Gasteiger partial charge on any atom is 0.321 e. The zero-order valence-corrected chi connectivity index (χ0v) is 9.95. The average Bonchev–Trinajstić information content (AvgIpc) is 2.38. The number of aliphatic hydroxyl groups excluding tert-OH is 2. The summed E-state index contributed by atoms with van der Waals surface area (Å²) in [7, 11) is 0. The molecule has 3 atom stereocenters. The van der Waals surface area contributed by atoms with E-state index in [4.69, 9.17) is 10.2 Å². The van der Waals surface area contributed by atoms with Crippen LogP contribution in [-0.2, 0) is 11.2 Å². The Morgan fingerprint density at radius 2 is 2.00 bits per heavy atom. The molecule has 6 N–H and O–H groups in total. The zero-order chi connectivity index (χ0) is 14.2. The number of aliphatic carboxylic acids is 1. The number of carboxylic acids is 1. The molecule has 7 nitrogen and oxygen atoms in total. The molecule has 1 aliphatic rings. The van der Waals surface area contributed by atoms with Crippen LogP contribution < -0.4 is 5.32 Å². The molecule has 1 aromatic rings. The molecule has 0 radical (unpaired) electrons. The van der Waals surface area contributed by atoms with E-state index < -0.39 is 30.8 Å². The van der Waals surface area contributed by atoms with Crippen molar-refractivity contribution < 1.29 is 30.3 Å². The highest BCUT2D eigenvalue weighted by atomic mass is 16.4. The Morgan fingerprint density at radius 3 is 2.58 bits per heavy atom. The van der Waals surface area contributed by atoms with Crippen molar-refractivity contribution in [2.75, 3.05) is 6.61 Å². The number of phenols is 2. The summed E-state index contributed by atoms with van der Waals surface area (Å²) in [4.78, 5) is 11.1. The number of phenolic OH excluding ortho intramolecular Hbond substituents is 2. The third kappa shape index (κ3) is 2.48. The standard InChI is InChI=1S/C12H15NO6/c14-4-10(17)11-6-3-9(16)8(15)2-5(6)1-7(13-11)12(18)19/h2-3,7,10-11,13-17H,1,4H2,(H,18,19)/t7-,10+,11+/m0/s1. The number of aromatic hydroxyl groups is 2. The van der Waals surface area contributed by atoms with Gasteiger partial charge in [0.2, 0.25) is 0 Å². The van der Waals surface area contributed by atoms with Gasteiger partial charge in [-0.25, -0.2) is 0 Å². The van der Waals surface area contributed by atoms with Crippen molar-refractivity contribution in [3.05, 3.63) is 23.3 Å². The van der Waals surface area contributed by atoms with Crippen LogP contribution in [0.3, 0.4) is 0 Å². The number of nitrogens with one attached hydrogen (secondary N) is 1. The van der Waals surface area contributed by atoms with Crippen LogP contribution in [0.5, 0.6) is 11.5 Å². The normalized spacial score (nSPS) is 23.7. The van der Waals surface area contributed by atoms with Crippen LogP contribution >= 0.6 is 0 Å². The number of carbonyl (C=O) groups is 1. The van der Waals surface area contributed by atoms with Gasteiger partial charge < -0.3 is 25.5 Å². The number of benzene rings is 1. The summed E-state index contributed by atoms with van der Waals surface area (Å²) in [6.45, 7) is -0.551. The number of carboxylic acid groups (broad SMARTS) is 1. The second-order valence-electron chi connectivity index (χ2n) is 4.53. The molecule has 1 heterocycles. The quantitative estimate of drug-likeness (QED) is 0.392. The molecule has 0 aromatic heterocycles. The van der Waals surface area contributed by atoms with E-state index in [1.807, 2.05) is 0 Å². The number of hydrogen-bond donors (Lipinski definition) is 6. The highest BCUT2D eigenvalue weighted by Crippen LogP contribution is 2.36. The van der Waals surface area contributed by atoms with E-state index >= 15 is 0 Å². The van der Waals surface area contributed by atoms with Crippen LogP contribution in [0.25, 0.3) is 0 Å². The van der Waals surface area contributed by atoms with Gasteiger partial charge in [0.25, 0.3) is 0 Å². The summed E-state index contributed by atoms with van der Waals surface area (Å²) in [6, 6.07) is 0.793. The lowest BCUT2D eigenvalue weighted by Crippen LogP contribution is -2.49. The highest BCUT2D eigenvalue weighted by molar-refractivity contribution is 5.75.